The average molecular weight is 526 g/mol. The van der Waals surface area contributed by atoms with Crippen molar-refractivity contribution in [2.24, 2.45) is 0 Å². The van der Waals surface area contributed by atoms with Gasteiger partial charge in [-0.1, -0.05) is 41.9 Å². The van der Waals surface area contributed by atoms with Gasteiger partial charge in [0.1, 0.15) is 4.90 Å². The minimum atomic E-state index is -3.61. The predicted molar refractivity (Wildman–Crippen MR) is 134 cm³/mol. The van der Waals surface area contributed by atoms with Crippen LogP contribution in [-0.2, 0) is 26.4 Å². The maximum atomic E-state index is 13.1. The summed E-state index contributed by atoms with van der Waals surface area (Å²) in [5, 5.41) is 0.258. The smallest absolute Gasteiger partial charge is 0.244 e. The molecule has 0 saturated carbocycles. The number of hydrogen-bond acceptors (Lipinski definition) is 6. The molecule has 2 aliphatic heterocycles. The molecule has 34 heavy (non-hydrogen) atoms. The van der Waals surface area contributed by atoms with E-state index in [1.54, 1.807) is 40.7 Å². The molecule has 0 bridgehead atoms. The van der Waals surface area contributed by atoms with Crippen LogP contribution in [0.1, 0.15) is 24.8 Å². The van der Waals surface area contributed by atoms with Crippen molar-refractivity contribution >= 4 is 31.5 Å². The molecule has 0 unspecified atom stereocenters. The maximum absolute atomic E-state index is 13.1. The lowest BCUT2D eigenvalue weighted by Crippen LogP contribution is -2.46. The van der Waals surface area contributed by atoms with E-state index in [1.165, 1.54) is 6.26 Å². The van der Waals surface area contributed by atoms with Gasteiger partial charge in [-0.15, -0.1) is 0 Å². The van der Waals surface area contributed by atoms with Gasteiger partial charge in [0.2, 0.25) is 10.0 Å². The van der Waals surface area contributed by atoms with Crippen molar-refractivity contribution in [2.45, 2.75) is 41.6 Å². The molecule has 0 radical (unpaired) electrons. The third-order valence-corrected chi connectivity index (χ3v) is 10.4. The molecule has 2 aliphatic rings. The number of piperidine rings is 1. The Hall–Kier alpha value is -1.49. The van der Waals surface area contributed by atoms with Crippen LogP contribution in [0.4, 0.5) is 0 Å². The fourth-order valence-corrected chi connectivity index (χ4v) is 7.89. The van der Waals surface area contributed by atoms with Crippen LogP contribution in [0.15, 0.2) is 58.3 Å². The van der Waals surface area contributed by atoms with Gasteiger partial charge in [0.25, 0.3) is 0 Å². The van der Waals surface area contributed by atoms with E-state index in [1.807, 2.05) is 12.1 Å². The Balaban J connectivity index is 1.34. The molecule has 2 aromatic carbocycles. The van der Waals surface area contributed by atoms with Crippen molar-refractivity contribution in [3.8, 4) is 0 Å². The number of sulfonamides is 1. The Morgan fingerprint density at radius 3 is 2.15 bits per heavy atom. The van der Waals surface area contributed by atoms with Gasteiger partial charge in [0.05, 0.1) is 9.92 Å². The van der Waals surface area contributed by atoms with E-state index >= 15 is 0 Å². The van der Waals surface area contributed by atoms with Gasteiger partial charge in [-0.25, -0.2) is 16.8 Å². The van der Waals surface area contributed by atoms with Crippen molar-refractivity contribution in [1.82, 2.24) is 14.1 Å². The van der Waals surface area contributed by atoms with Crippen molar-refractivity contribution in [3.05, 3.63) is 59.1 Å². The molecule has 2 fully saturated rings. The van der Waals surface area contributed by atoms with E-state index in [2.05, 4.69) is 9.80 Å². The first-order chi connectivity index (χ1) is 16.2. The van der Waals surface area contributed by atoms with Crippen molar-refractivity contribution in [3.63, 3.8) is 0 Å². The highest BCUT2D eigenvalue weighted by molar-refractivity contribution is 7.90. The number of nitrogens with zero attached hydrogens (tertiary/aromatic N) is 3. The molecule has 7 nitrogen and oxygen atoms in total. The molecule has 0 spiro atoms. The standard InChI is InChI=1S/C24H32ClN3O4S2/c1-33(29,30)23-9-4-2-7-20(23)19-26-15-11-21(12-16-26)27-13-6-14-28(18-17-27)34(31,32)24-10-5-3-8-22(24)25/h2-5,7-10,21H,6,11-19H2,1H3. The predicted octanol–water partition coefficient (Wildman–Crippen LogP) is 3.10. The van der Waals surface area contributed by atoms with E-state index in [4.69, 9.17) is 11.6 Å². The highest BCUT2D eigenvalue weighted by Gasteiger charge is 2.31. The largest absolute Gasteiger partial charge is 0.299 e. The first-order valence-electron chi connectivity index (χ1n) is 11.7. The van der Waals surface area contributed by atoms with Crippen LogP contribution in [0.5, 0.6) is 0 Å². The minimum absolute atomic E-state index is 0.174. The Morgan fingerprint density at radius 2 is 1.47 bits per heavy atom. The third kappa shape index (κ3) is 5.83. The fraction of sp³-hybridized carbons (Fsp3) is 0.500. The molecule has 2 aromatic rings. The maximum Gasteiger partial charge on any atom is 0.244 e. The highest BCUT2D eigenvalue weighted by Crippen LogP contribution is 2.27. The van der Waals surface area contributed by atoms with Gasteiger partial charge in [0.15, 0.2) is 9.84 Å². The number of hydrogen-bond donors (Lipinski definition) is 0. The lowest BCUT2D eigenvalue weighted by molar-refractivity contribution is 0.108. The number of halogens is 1. The number of sulfone groups is 1. The Morgan fingerprint density at radius 1 is 0.824 bits per heavy atom. The van der Waals surface area contributed by atoms with Crippen molar-refractivity contribution in [1.29, 1.82) is 0 Å². The quantitative estimate of drug-likeness (QED) is 0.576. The van der Waals surface area contributed by atoms with Crippen LogP contribution in [0.3, 0.4) is 0 Å². The van der Waals surface area contributed by atoms with E-state index in [0.717, 1.165) is 44.5 Å². The van der Waals surface area contributed by atoms with E-state index in [9.17, 15) is 16.8 Å². The topological polar surface area (TPSA) is 78.0 Å². The molecule has 4 rings (SSSR count). The summed E-state index contributed by atoms with van der Waals surface area (Å²) in [5.41, 5.74) is 0.846. The molecule has 2 heterocycles. The van der Waals surface area contributed by atoms with Crippen LogP contribution in [0, 0.1) is 0 Å². The zero-order chi connectivity index (χ0) is 24.3. The Labute approximate surface area is 208 Å². The molecule has 0 aliphatic carbocycles. The molecule has 0 atom stereocenters. The van der Waals surface area contributed by atoms with Crippen LogP contribution < -0.4 is 0 Å². The van der Waals surface area contributed by atoms with Gasteiger partial charge >= 0.3 is 0 Å². The summed E-state index contributed by atoms with van der Waals surface area (Å²) in [4.78, 5) is 5.31. The normalized spacial score (nSPS) is 20.3. The Bertz CT molecular complexity index is 1210. The number of rotatable bonds is 6. The summed E-state index contributed by atoms with van der Waals surface area (Å²) in [5.74, 6) is 0. The summed E-state index contributed by atoms with van der Waals surface area (Å²) in [6.07, 6.45) is 4.01. The van der Waals surface area contributed by atoms with Crippen LogP contribution in [-0.4, -0.2) is 82.5 Å². The van der Waals surface area contributed by atoms with Gasteiger partial charge in [-0.05, 0) is 62.7 Å². The van der Waals surface area contributed by atoms with Gasteiger partial charge in [-0.3, -0.25) is 9.80 Å². The zero-order valence-electron chi connectivity index (χ0n) is 19.4. The van der Waals surface area contributed by atoms with Crippen LogP contribution in [0.25, 0.3) is 0 Å². The fourth-order valence-electron chi connectivity index (χ4n) is 4.99. The second-order valence-corrected chi connectivity index (χ2v) is 13.4. The SMILES string of the molecule is CS(=O)(=O)c1ccccc1CN1CCC(N2CCCN(S(=O)(=O)c3ccccc3Cl)CC2)CC1. The monoisotopic (exact) mass is 525 g/mol. The summed E-state index contributed by atoms with van der Waals surface area (Å²) in [6, 6.07) is 14.2. The second-order valence-electron chi connectivity index (χ2n) is 9.11. The van der Waals surface area contributed by atoms with Gasteiger partial charge in [-0.2, -0.15) is 4.31 Å². The number of likely N-dealkylation sites (tertiary alicyclic amines) is 1. The third-order valence-electron chi connectivity index (χ3n) is 6.78. The molecule has 2 saturated heterocycles. The van der Waals surface area contributed by atoms with E-state index in [0.29, 0.717) is 37.1 Å². The Kier molecular flexibility index (Phi) is 8.01. The summed E-state index contributed by atoms with van der Waals surface area (Å²) in [6.45, 7) is 4.92. The summed E-state index contributed by atoms with van der Waals surface area (Å²) >= 11 is 6.17. The lowest BCUT2D eigenvalue weighted by Gasteiger charge is -2.38. The van der Waals surface area contributed by atoms with Gasteiger partial charge in [0, 0.05) is 38.5 Å². The first kappa shape index (κ1) is 25.6. The molecule has 0 aromatic heterocycles. The van der Waals surface area contributed by atoms with Crippen LogP contribution >= 0.6 is 11.6 Å². The average Bonchev–Trinajstić information content (AvgIpc) is 3.06. The highest BCUT2D eigenvalue weighted by atomic mass is 35.5. The van der Waals surface area contributed by atoms with Crippen LogP contribution in [0.2, 0.25) is 5.02 Å². The van der Waals surface area contributed by atoms with E-state index in [-0.39, 0.29) is 9.92 Å². The second kappa shape index (κ2) is 10.6. The molecule has 0 amide bonds. The lowest BCUT2D eigenvalue weighted by atomic mass is 10.0. The molecular weight excluding hydrogens is 494 g/mol. The molecule has 10 heteroatoms. The molecule has 186 valence electrons. The first-order valence-corrected chi connectivity index (χ1v) is 15.4. The molecule has 0 N–H and O–H groups in total. The number of benzene rings is 2. The zero-order valence-corrected chi connectivity index (χ0v) is 21.8. The molecular formula is C24H32ClN3O4S2. The van der Waals surface area contributed by atoms with Gasteiger partial charge < -0.3 is 0 Å². The van der Waals surface area contributed by atoms with Crippen molar-refractivity contribution < 1.29 is 16.8 Å². The summed E-state index contributed by atoms with van der Waals surface area (Å²) < 4.78 is 52.1. The van der Waals surface area contributed by atoms with E-state index < -0.39 is 19.9 Å². The minimum Gasteiger partial charge on any atom is -0.299 e. The summed E-state index contributed by atoms with van der Waals surface area (Å²) in [7, 11) is -6.87. The van der Waals surface area contributed by atoms with Crippen molar-refractivity contribution in [2.75, 3.05) is 45.5 Å².